The fourth-order valence-corrected chi connectivity index (χ4v) is 5.77. The van der Waals surface area contributed by atoms with Crippen molar-refractivity contribution >= 4 is 23.5 Å². The highest BCUT2D eigenvalue weighted by Gasteiger charge is 2.17. The van der Waals surface area contributed by atoms with Crippen LogP contribution in [0.2, 0.25) is 0 Å². The molecule has 316 valence electrons. The smallest absolute Gasteiger partial charge is 0.251 e. The summed E-state index contributed by atoms with van der Waals surface area (Å²) in [5.74, 6) is -0.318. The van der Waals surface area contributed by atoms with Crippen LogP contribution in [0.5, 0.6) is 0 Å². The van der Waals surface area contributed by atoms with Gasteiger partial charge in [0.05, 0.1) is 39.5 Å². The van der Waals surface area contributed by atoms with Crippen LogP contribution >= 0.6 is 0 Å². The van der Waals surface area contributed by atoms with Crippen molar-refractivity contribution in [2.45, 2.75) is 19.3 Å². The first-order valence-electron chi connectivity index (χ1n) is 20.2. The van der Waals surface area contributed by atoms with Crippen LogP contribution in [-0.4, -0.2) is 209 Å². The summed E-state index contributed by atoms with van der Waals surface area (Å²) in [5.41, 5.74) is 5.86. The number of hydrogen-bond acceptors (Lipinski definition) is 15. The molecule has 0 unspecified atom stereocenters. The zero-order valence-corrected chi connectivity index (χ0v) is 33.2. The van der Waals surface area contributed by atoms with Crippen molar-refractivity contribution in [1.29, 1.82) is 0 Å². The first kappa shape index (κ1) is 48.3. The molecule has 10 N–H and O–H groups in total. The molecule has 3 aliphatic rings. The molecule has 3 heterocycles. The van der Waals surface area contributed by atoms with Crippen LogP contribution in [0.4, 0.5) is 0 Å². The largest absolute Gasteiger partial charge is 0.379 e. The third-order valence-electron chi connectivity index (χ3n) is 9.03. The lowest BCUT2D eigenvalue weighted by molar-refractivity contribution is -0.125. The molecule has 0 aromatic carbocycles. The Morgan fingerprint density at radius 1 is 0.636 bits per heavy atom. The van der Waals surface area contributed by atoms with Gasteiger partial charge in [-0.05, 0) is 19.0 Å². The summed E-state index contributed by atoms with van der Waals surface area (Å²) in [6.45, 7) is 23.8. The number of Topliss-reactive ketones (excluding diaryl/α,β-unsaturated/α-hetero) is 1. The van der Waals surface area contributed by atoms with E-state index in [0.29, 0.717) is 58.1 Å². The maximum Gasteiger partial charge on any atom is 0.251 e. The van der Waals surface area contributed by atoms with Crippen LogP contribution in [0.25, 0.3) is 0 Å². The average molecular weight is 781 g/mol. The number of rotatable bonds is 19. The van der Waals surface area contributed by atoms with E-state index in [2.05, 4.69) is 58.9 Å². The summed E-state index contributed by atoms with van der Waals surface area (Å²) < 4.78 is 11.0. The van der Waals surface area contributed by atoms with Gasteiger partial charge in [-0.25, -0.2) is 0 Å². The number of carbonyl (C=O) groups is 4. The number of nitrogens with zero attached hydrogens (tertiary/aromatic N) is 3. The highest BCUT2D eigenvalue weighted by atomic mass is 16.5. The van der Waals surface area contributed by atoms with Gasteiger partial charge in [0, 0.05) is 149 Å². The number of nitrogens with one attached hydrogen (secondary N) is 8. The summed E-state index contributed by atoms with van der Waals surface area (Å²) in [4.78, 5) is 52.6. The fraction of sp³-hybridized carbons (Fsp3) is 0.784. The molecule has 0 aliphatic carbocycles. The number of nitrogens with two attached hydrogens (primary N) is 1. The highest BCUT2D eigenvalue weighted by Crippen LogP contribution is 2.11. The van der Waals surface area contributed by atoms with Crippen LogP contribution < -0.4 is 48.3 Å². The van der Waals surface area contributed by atoms with Crippen LogP contribution in [0.3, 0.4) is 0 Å². The molecule has 0 spiro atoms. The Morgan fingerprint density at radius 2 is 1.15 bits per heavy atom. The van der Waals surface area contributed by atoms with E-state index in [1.54, 1.807) is 11.0 Å². The average Bonchev–Trinajstić information content (AvgIpc) is 3.49. The van der Waals surface area contributed by atoms with Gasteiger partial charge in [0.15, 0.2) is 0 Å². The molecular weight excluding hydrogens is 708 g/mol. The monoisotopic (exact) mass is 781 g/mol. The van der Waals surface area contributed by atoms with E-state index in [1.807, 2.05) is 0 Å². The Labute approximate surface area is 328 Å². The second-order valence-corrected chi connectivity index (χ2v) is 13.4. The minimum Gasteiger partial charge on any atom is -0.379 e. The molecule has 0 bridgehead atoms. The third kappa shape index (κ3) is 26.6. The molecule has 3 rings (SSSR count). The first-order chi connectivity index (χ1) is 26.9. The molecule has 2 fully saturated rings. The molecule has 3 amide bonds. The number of hydrogen-bond donors (Lipinski definition) is 9. The third-order valence-corrected chi connectivity index (χ3v) is 9.03. The van der Waals surface area contributed by atoms with Crippen molar-refractivity contribution < 1.29 is 28.7 Å². The van der Waals surface area contributed by atoms with Gasteiger partial charge in [-0.2, -0.15) is 0 Å². The van der Waals surface area contributed by atoms with Crippen molar-refractivity contribution in [3.63, 3.8) is 0 Å². The molecule has 55 heavy (non-hydrogen) atoms. The Bertz CT molecular complexity index is 1060. The summed E-state index contributed by atoms with van der Waals surface area (Å²) in [5, 5.41) is 25.7. The number of allylic oxidation sites excluding steroid dienone is 1. The number of ketones is 1. The van der Waals surface area contributed by atoms with E-state index in [1.165, 1.54) is 6.08 Å². The maximum atomic E-state index is 12.1. The van der Waals surface area contributed by atoms with Crippen molar-refractivity contribution in [2.24, 2.45) is 5.73 Å². The predicted molar refractivity (Wildman–Crippen MR) is 216 cm³/mol. The Morgan fingerprint density at radius 3 is 1.65 bits per heavy atom. The van der Waals surface area contributed by atoms with E-state index in [-0.39, 0.29) is 36.6 Å². The molecule has 0 aromatic rings. The summed E-state index contributed by atoms with van der Waals surface area (Å²) in [6.07, 6.45) is 5.15. The van der Waals surface area contributed by atoms with E-state index >= 15 is 0 Å². The molecule has 2 saturated heterocycles. The van der Waals surface area contributed by atoms with Gasteiger partial charge < -0.3 is 67.5 Å². The Kier molecular flexibility index (Phi) is 29.2. The minimum absolute atomic E-state index is 0.0217. The minimum atomic E-state index is -0.324. The van der Waals surface area contributed by atoms with Crippen molar-refractivity contribution in [1.82, 2.24) is 57.2 Å². The summed E-state index contributed by atoms with van der Waals surface area (Å²) in [6, 6.07) is 0. The van der Waals surface area contributed by atoms with Crippen LogP contribution in [0.15, 0.2) is 24.4 Å². The van der Waals surface area contributed by atoms with Gasteiger partial charge >= 0.3 is 0 Å². The van der Waals surface area contributed by atoms with Crippen LogP contribution in [0.1, 0.15) is 19.3 Å². The van der Waals surface area contributed by atoms with E-state index in [9.17, 15) is 19.2 Å². The Hall–Kier alpha value is -2.88. The van der Waals surface area contributed by atoms with Gasteiger partial charge in [0.25, 0.3) is 5.91 Å². The van der Waals surface area contributed by atoms with E-state index in [0.717, 1.165) is 124 Å². The van der Waals surface area contributed by atoms with Crippen molar-refractivity contribution in [2.75, 3.05) is 170 Å². The maximum absolute atomic E-state index is 12.1. The molecular formula is C37H72N12O6. The van der Waals surface area contributed by atoms with Gasteiger partial charge in [0.1, 0.15) is 5.78 Å². The lowest BCUT2D eigenvalue weighted by Gasteiger charge is -2.23. The summed E-state index contributed by atoms with van der Waals surface area (Å²) >= 11 is 0. The fourth-order valence-electron chi connectivity index (χ4n) is 5.77. The lowest BCUT2D eigenvalue weighted by Crippen LogP contribution is -2.45. The Balaban J connectivity index is 0.000000402. The standard InChI is InChI=1S/C23H41N5O4.C14H31N7O2/c1-21-4-5-23(30)28(21)16-18-32-20-19-31-17-6-22(29)3-2-13-27-14-11-25-9-7-24-8-10-26-12-15-27;15-11-13(22)20-12-14(23)19-7-10-21-8-5-17-3-1-16-2-4-18-6-9-21/h4-5,24-26H,1-3,6-20H2;16-18H,1-12,15H2,(H,19,23)(H,20,22). The molecule has 0 radical (unpaired) electrons. The molecule has 0 atom stereocenters. The van der Waals surface area contributed by atoms with Crippen LogP contribution in [-0.2, 0) is 28.7 Å². The van der Waals surface area contributed by atoms with Gasteiger partial charge in [0.2, 0.25) is 11.8 Å². The first-order valence-corrected chi connectivity index (χ1v) is 20.2. The van der Waals surface area contributed by atoms with Gasteiger partial charge in [-0.1, -0.05) is 6.58 Å². The molecule has 18 nitrogen and oxygen atoms in total. The summed E-state index contributed by atoms with van der Waals surface area (Å²) in [7, 11) is 0. The van der Waals surface area contributed by atoms with E-state index < -0.39 is 0 Å². The molecule has 18 heteroatoms. The SMILES string of the molecule is C=C1C=CC(=O)N1CCOCCOCCC(=O)CCCN1CCNCCNCCNCC1.NCC(=O)NCC(=O)NCCN1CCNCCNCCNCC1. The normalized spacial score (nSPS) is 18.9. The number of ether oxygens (including phenoxy) is 2. The predicted octanol–water partition coefficient (Wildman–Crippen LogP) is -3.98. The molecule has 0 saturated carbocycles. The highest BCUT2D eigenvalue weighted by molar-refractivity contribution is 5.93. The quantitative estimate of drug-likeness (QED) is 0.0572. The zero-order chi connectivity index (χ0) is 39.6. The number of amides is 3. The van der Waals surface area contributed by atoms with Crippen molar-refractivity contribution in [3.05, 3.63) is 24.4 Å². The van der Waals surface area contributed by atoms with Gasteiger partial charge in [-0.3, -0.25) is 24.1 Å². The lowest BCUT2D eigenvalue weighted by atomic mass is 10.1. The van der Waals surface area contributed by atoms with Crippen LogP contribution in [0, 0.1) is 0 Å². The molecule has 3 aliphatic heterocycles. The second-order valence-electron chi connectivity index (χ2n) is 13.4. The second kappa shape index (κ2) is 33.3. The topological polar surface area (TPSA) is 219 Å². The molecule has 0 aromatic heterocycles. The van der Waals surface area contributed by atoms with Gasteiger partial charge in [-0.15, -0.1) is 0 Å². The zero-order valence-electron chi connectivity index (χ0n) is 33.2. The van der Waals surface area contributed by atoms with Crippen molar-refractivity contribution in [3.8, 4) is 0 Å². The number of carbonyl (C=O) groups excluding carboxylic acids is 4. The van der Waals surface area contributed by atoms with E-state index in [4.69, 9.17) is 15.2 Å².